The maximum atomic E-state index is 5.83. The van der Waals surface area contributed by atoms with E-state index in [1.165, 1.54) is 0 Å². The van der Waals surface area contributed by atoms with E-state index < -0.39 is 0 Å². The third-order valence-corrected chi connectivity index (χ3v) is 4.05. The molecule has 3 rings (SSSR count). The Balaban J connectivity index is 1.57. The first kappa shape index (κ1) is 15.1. The molecule has 0 radical (unpaired) electrons. The normalized spacial score (nSPS) is 11.0. The van der Waals surface area contributed by atoms with Gasteiger partial charge in [0.25, 0.3) is 5.78 Å². The van der Waals surface area contributed by atoms with E-state index in [1.807, 2.05) is 44.2 Å². The van der Waals surface area contributed by atoms with Crippen LogP contribution in [0.25, 0.3) is 5.78 Å². The van der Waals surface area contributed by atoms with Crippen molar-refractivity contribution in [2.75, 3.05) is 12.4 Å². The van der Waals surface area contributed by atoms with Crippen LogP contribution in [-0.4, -0.2) is 31.9 Å². The fraction of sp³-hybridized carbons (Fsp3) is 0.267. The van der Waals surface area contributed by atoms with Gasteiger partial charge in [0.05, 0.1) is 6.61 Å². The highest BCUT2D eigenvalue weighted by atomic mass is 35.5. The minimum atomic E-state index is 0.577. The zero-order chi connectivity index (χ0) is 15.5. The van der Waals surface area contributed by atoms with Crippen molar-refractivity contribution in [3.63, 3.8) is 0 Å². The lowest BCUT2D eigenvalue weighted by molar-refractivity contribution is 0.344. The molecule has 0 aliphatic carbocycles. The molecule has 0 saturated carbocycles. The lowest BCUT2D eigenvalue weighted by Crippen LogP contribution is -2.00. The molecule has 22 heavy (non-hydrogen) atoms. The van der Waals surface area contributed by atoms with E-state index in [0.29, 0.717) is 22.6 Å². The van der Waals surface area contributed by atoms with Crippen LogP contribution in [0.4, 0.5) is 0 Å². The van der Waals surface area contributed by atoms with Crippen LogP contribution in [0.1, 0.15) is 11.4 Å². The number of hydrogen-bond donors (Lipinski definition) is 0. The zero-order valence-electron chi connectivity index (χ0n) is 12.3. The van der Waals surface area contributed by atoms with Crippen molar-refractivity contribution in [2.45, 2.75) is 19.0 Å². The SMILES string of the molecule is Cc1cc(C)n2nc(SCCOc3ccc(Cl)cc3)nc2n1. The average molecular weight is 335 g/mol. The second-order valence-electron chi connectivity index (χ2n) is 4.80. The molecule has 3 aromatic rings. The Labute approximate surface area is 137 Å². The minimum Gasteiger partial charge on any atom is -0.493 e. The third kappa shape index (κ3) is 3.51. The fourth-order valence-electron chi connectivity index (χ4n) is 2.03. The summed E-state index contributed by atoms with van der Waals surface area (Å²) in [7, 11) is 0. The first-order valence-electron chi connectivity index (χ1n) is 6.84. The lowest BCUT2D eigenvalue weighted by atomic mass is 10.3. The topological polar surface area (TPSA) is 52.3 Å². The zero-order valence-corrected chi connectivity index (χ0v) is 13.9. The molecule has 0 saturated heterocycles. The largest absolute Gasteiger partial charge is 0.493 e. The second kappa shape index (κ2) is 6.54. The van der Waals surface area contributed by atoms with Gasteiger partial charge in [0.2, 0.25) is 5.16 Å². The summed E-state index contributed by atoms with van der Waals surface area (Å²) in [6, 6.07) is 9.31. The Morgan fingerprint density at radius 3 is 2.73 bits per heavy atom. The molecule has 7 heteroatoms. The van der Waals surface area contributed by atoms with Gasteiger partial charge < -0.3 is 4.74 Å². The first-order chi connectivity index (χ1) is 10.6. The minimum absolute atomic E-state index is 0.577. The number of hydrogen-bond acceptors (Lipinski definition) is 5. The number of thioether (sulfide) groups is 1. The molecule has 0 amide bonds. The van der Waals surface area contributed by atoms with Gasteiger partial charge in [-0.1, -0.05) is 23.4 Å². The van der Waals surface area contributed by atoms with Gasteiger partial charge in [-0.25, -0.2) is 9.50 Å². The van der Waals surface area contributed by atoms with Gasteiger partial charge in [-0.05, 0) is 44.2 Å². The summed E-state index contributed by atoms with van der Waals surface area (Å²) in [5.41, 5.74) is 1.97. The molecule has 0 aliphatic rings. The molecule has 2 aromatic heterocycles. The number of aryl methyl sites for hydroxylation is 2. The summed E-state index contributed by atoms with van der Waals surface area (Å²) in [5.74, 6) is 2.21. The molecule has 0 unspecified atom stereocenters. The number of ether oxygens (including phenoxy) is 1. The highest BCUT2D eigenvalue weighted by Crippen LogP contribution is 2.18. The van der Waals surface area contributed by atoms with Crippen LogP contribution in [0, 0.1) is 13.8 Å². The summed E-state index contributed by atoms with van der Waals surface area (Å²) in [6.07, 6.45) is 0. The molecule has 0 N–H and O–H groups in total. The van der Waals surface area contributed by atoms with Gasteiger partial charge in [-0.15, -0.1) is 5.10 Å². The van der Waals surface area contributed by atoms with Crippen LogP contribution in [0.5, 0.6) is 5.75 Å². The Kier molecular flexibility index (Phi) is 4.49. The van der Waals surface area contributed by atoms with Gasteiger partial charge in [-0.2, -0.15) is 4.98 Å². The monoisotopic (exact) mass is 334 g/mol. The fourth-order valence-corrected chi connectivity index (χ4v) is 2.79. The molecule has 5 nitrogen and oxygen atoms in total. The molecular weight excluding hydrogens is 320 g/mol. The van der Waals surface area contributed by atoms with E-state index in [2.05, 4.69) is 15.1 Å². The highest BCUT2D eigenvalue weighted by Gasteiger charge is 2.08. The maximum absolute atomic E-state index is 5.83. The van der Waals surface area contributed by atoms with Gasteiger partial charge >= 0.3 is 0 Å². The molecule has 0 atom stereocenters. The van der Waals surface area contributed by atoms with Crippen LogP contribution in [0.3, 0.4) is 0 Å². The van der Waals surface area contributed by atoms with E-state index >= 15 is 0 Å². The predicted molar refractivity (Wildman–Crippen MR) is 87.9 cm³/mol. The van der Waals surface area contributed by atoms with Crippen LogP contribution in [0.2, 0.25) is 5.02 Å². The molecule has 0 fully saturated rings. The lowest BCUT2D eigenvalue weighted by Gasteiger charge is -2.04. The molecule has 2 heterocycles. The average Bonchev–Trinajstić information content (AvgIpc) is 2.88. The van der Waals surface area contributed by atoms with E-state index in [4.69, 9.17) is 16.3 Å². The first-order valence-corrected chi connectivity index (χ1v) is 8.20. The highest BCUT2D eigenvalue weighted by molar-refractivity contribution is 7.99. The van der Waals surface area contributed by atoms with Crippen LogP contribution < -0.4 is 4.74 Å². The molecule has 0 aliphatic heterocycles. The number of nitrogens with zero attached hydrogens (tertiary/aromatic N) is 4. The van der Waals surface area contributed by atoms with Crippen LogP contribution >= 0.6 is 23.4 Å². The van der Waals surface area contributed by atoms with Crippen molar-refractivity contribution in [3.8, 4) is 5.75 Å². The van der Waals surface area contributed by atoms with Gasteiger partial charge in [0.1, 0.15) is 5.75 Å². The van der Waals surface area contributed by atoms with Crippen molar-refractivity contribution < 1.29 is 4.74 Å². The summed E-state index contributed by atoms with van der Waals surface area (Å²) < 4.78 is 7.40. The summed E-state index contributed by atoms with van der Waals surface area (Å²) >= 11 is 7.38. The van der Waals surface area contributed by atoms with Gasteiger partial charge in [-0.3, -0.25) is 0 Å². The van der Waals surface area contributed by atoms with Crippen molar-refractivity contribution in [3.05, 3.63) is 46.7 Å². The van der Waals surface area contributed by atoms with Crippen molar-refractivity contribution in [1.29, 1.82) is 0 Å². The quantitative estimate of drug-likeness (QED) is 0.527. The van der Waals surface area contributed by atoms with Gasteiger partial charge in [0, 0.05) is 22.2 Å². The smallest absolute Gasteiger partial charge is 0.253 e. The van der Waals surface area contributed by atoms with Gasteiger partial charge in [0.15, 0.2) is 0 Å². The third-order valence-electron chi connectivity index (χ3n) is 3.00. The van der Waals surface area contributed by atoms with E-state index in [-0.39, 0.29) is 0 Å². The molecule has 0 bridgehead atoms. The van der Waals surface area contributed by atoms with Crippen molar-refractivity contribution in [2.24, 2.45) is 0 Å². The molecule has 0 spiro atoms. The van der Waals surface area contributed by atoms with E-state index in [1.54, 1.807) is 16.3 Å². The summed E-state index contributed by atoms with van der Waals surface area (Å²) in [4.78, 5) is 8.79. The van der Waals surface area contributed by atoms with Crippen molar-refractivity contribution >= 4 is 29.1 Å². The summed E-state index contributed by atoms with van der Waals surface area (Å²) in [5, 5.41) is 5.85. The molecule has 114 valence electrons. The number of benzene rings is 1. The summed E-state index contributed by atoms with van der Waals surface area (Å²) in [6.45, 7) is 4.52. The van der Waals surface area contributed by atoms with E-state index in [9.17, 15) is 0 Å². The Morgan fingerprint density at radius 2 is 1.95 bits per heavy atom. The number of rotatable bonds is 5. The number of halogens is 1. The molecule has 1 aromatic carbocycles. The number of fused-ring (bicyclic) bond motifs is 1. The Morgan fingerprint density at radius 1 is 1.18 bits per heavy atom. The maximum Gasteiger partial charge on any atom is 0.253 e. The van der Waals surface area contributed by atoms with Crippen LogP contribution in [-0.2, 0) is 0 Å². The van der Waals surface area contributed by atoms with Crippen molar-refractivity contribution in [1.82, 2.24) is 19.6 Å². The standard InChI is InChI=1S/C15H15ClN4OS/c1-10-9-11(2)20-14(17-10)18-15(19-20)22-8-7-21-13-5-3-12(16)4-6-13/h3-6,9H,7-8H2,1-2H3. The van der Waals surface area contributed by atoms with E-state index in [0.717, 1.165) is 22.9 Å². The Hall–Kier alpha value is -1.79. The Bertz CT molecular complexity index is 788. The second-order valence-corrected chi connectivity index (χ2v) is 6.29. The predicted octanol–water partition coefficient (Wildman–Crippen LogP) is 3.57. The molecular formula is C15H15ClN4OS. The van der Waals surface area contributed by atoms with Crippen LogP contribution in [0.15, 0.2) is 35.5 Å². The number of aromatic nitrogens is 4.